The number of ketones is 1. The van der Waals surface area contributed by atoms with Crippen molar-refractivity contribution in [3.05, 3.63) is 71.2 Å². The molecule has 41 heavy (non-hydrogen) atoms. The number of benzene rings is 2. The molecule has 0 radical (unpaired) electrons. The summed E-state index contributed by atoms with van der Waals surface area (Å²) in [6, 6.07) is 10.2. The largest absolute Gasteiger partial charge is 0.493 e. The van der Waals surface area contributed by atoms with E-state index < -0.39 is 53.6 Å². The Morgan fingerprint density at radius 1 is 1.17 bits per heavy atom. The Kier molecular flexibility index (Phi) is 8.30. The SMILES string of the molecule is COc1cc(C(=O)CC[C@@](O)(c2cc3c(c(-c4ccc(F)cc4)n2)NC[C@@]3(C)N)C(F)(F)F)ccc1OC[C@@H](C)O. The molecule has 3 atom stereocenters. The van der Waals surface area contributed by atoms with Crippen molar-refractivity contribution in [1.29, 1.82) is 0 Å². The molecule has 1 aliphatic heterocycles. The topological polar surface area (TPSA) is 127 Å². The smallest absolute Gasteiger partial charge is 0.422 e. The van der Waals surface area contributed by atoms with E-state index in [2.05, 4.69) is 10.3 Å². The lowest BCUT2D eigenvalue weighted by Gasteiger charge is -2.31. The summed E-state index contributed by atoms with van der Waals surface area (Å²) in [4.78, 5) is 17.2. The molecule has 0 amide bonds. The van der Waals surface area contributed by atoms with Crippen LogP contribution in [0.1, 0.15) is 48.3 Å². The average Bonchev–Trinajstić information content (AvgIpc) is 3.23. The van der Waals surface area contributed by atoms with Gasteiger partial charge in [0.05, 0.1) is 35.8 Å². The van der Waals surface area contributed by atoms with Crippen LogP contribution in [0.5, 0.6) is 11.5 Å². The number of carbonyl (C=O) groups excluding carboxylic acids is 1. The number of aromatic nitrogens is 1. The van der Waals surface area contributed by atoms with Crippen molar-refractivity contribution in [3.63, 3.8) is 0 Å². The summed E-state index contributed by atoms with van der Waals surface area (Å²) in [7, 11) is 1.33. The van der Waals surface area contributed by atoms with Crippen molar-refractivity contribution < 1.29 is 42.0 Å². The molecule has 2 aromatic carbocycles. The molecule has 220 valence electrons. The summed E-state index contributed by atoms with van der Waals surface area (Å²) >= 11 is 0. The maximum Gasteiger partial charge on any atom is 0.422 e. The molecule has 1 aromatic heterocycles. The van der Waals surface area contributed by atoms with Crippen LogP contribution in [-0.2, 0) is 11.1 Å². The second-order valence-electron chi connectivity index (χ2n) is 10.4. The second kappa shape index (κ2) is 11.3. The van der Waals surface area contributed by atoms with Crippen molar-refractivity contribution in [2.75, 3.05) is 25.6 Å². The van der Waals surface area contributed by atoms with Crippen LogP contribution in [0.3, 0.4) is 0 Å². The molecule has 0 saturated carbocycles. The molecule has 0 saturated heterocycles. The molecule has 0 unspecified atom stereocenters. The van der Waals surface area contributed by atoms with E-state index in [0.717, 1.165) is 18.2 Å². The number of rotatable bonds is 10. The molecule has 8 nitrogen and oxygen atoms in total. The highest BCUT2D eigenvalue weighted by atomic mass is 19.4. The van der Waals surface area contributed by atoms with E-state index in [1.54, 1.807) is 6.92 Å². The summed E-state index contributed by atoms with van der Waals surface area (Å²) in [5.74, 6) is -0.826. The van der Waals surface area contributed by atoms with Gasteiger partial charge in [-0.05, 0) is 68.8 Å². The van der Waals surface area contributed by atoms with Crippen molar-refractivity contribution in [3.8, 4) is 22.8 Å². The first-order chi connectivity index (χ1) is 19.2. The maximum absolute atomic E-state index is 14.5. The van der Waals surface area contributed by atoms with Gasteiger partial charge in [0, 0.05) is 29.7 Å². The van der Waals surface area contributed by atoms with Crippen LogP contribution in [0, 0.1) is 5.82 Å². The molecular weight excluding hydrogens is 546 g/mol. The maximum atomic E-state index is 14.5. The quantitative estimate of drug-likeness (QED) is 0.202. The Labute approximate surface area is 234 Å². The van der Waals surface area contributed by atoms with Crippen molar-refractivity contribution in [2.45, 2.75) is 50.1 Å². The number of pyridine rings is 1. The number of aliphatic hydroxyl groups is 2. The summed E-state index contributed by atoms with van der Waals surface area (Å²) in [5, 5.41) is 23.7. The Morgan fingerprint density at radius 3 is 2.46 bits per heavy atom. The molecule has 0 fully saturated rings. The fraction of sp³-hybridized carbons (Fsp3) is 0.379. The number of nitrogens with two attached hydrogens (primary N) is 1. The summed E-state index contributed by atoms with van der Waals surface area (Å²) < 4.78 is 67.9. The van der Waals surface area contributed by atoms with Gasteiger partial charge in [-0.2, -0.15) is 13.2 Å². The summed E-state index contributed by atoms with van der Waals surface area (Å²) in [6.07, 6.45) is -7.68. The third-order valence-electron chi connectivity index (χ3n) is 6.96. The highest BCUT2D eigenvalue weighted by Gasteiger charge is 2.56. The van der Waals surface area contributed by atoms with Crippen LogP contribution in [0.4, 0.5) is 23.2 Å². The molecule has 12 heteroatoms. The molecule has 5 N–H and O–H groups in total. The lowest BCUT2D eigenvalue weighted by molar-refractivity contribution is -0.270. The number of anilines is 1. The van der Waals surface area contributed by atoms with Gasteiger partial charge in [-0.1, -0.05) is 0 Å². The fourth-order valence-electron chi connectivity index (χ4n) is 4.59. The number of alkyl halides is 3. The van der Waals surface area contributed by atoms with Gasteiger partial charge in [0.15, 0.2) is 17.3 Å². The number of halogens is 4. The van der Waals surface area contributed by atoms with Crippen LogP contribution in [0.15, 0.2) is 48.5 Å². The zero-order valence-corrected chi connectivity index (χ0v) is 22.7. The molecule has 1 aliphatic rings. The molecule has 3 aromatic rings. The van der Waals surface area contributed by atoms with Gasteiger partial charge >= 0.3 is 6.18 Å². The van der Waals surface area contributed by atoms with Crippen LogP contribution >= 0.6 is 0 Å². The number of nitrogens with one attached hydrogen (secondary N) is 1. The minimum atomic E-state index is -5.21. The molecule has 4 rings (SSSR count). The van der Waals surface area contributed by atoms with E-state index in [0.29, 0.717) is 16.8 Å². The highest BCUT2D eigenvalue weighted by Crippen LogP contribution is 2.47. The number of aliphatic hydroxyl groups excluding tert-OH is 1. The van der Waals surface area contributed by atoms with Crippen LogP contribution in [0.25, 0.3) is 11.3 Å². The number of ether oxygens (including phenoxy) is 2. The lowest BCUT2D eigenvalue weighted by Crippen LogP contribution is -2.44. The average molecular weight is 578 g/mol. The van der Waals surface area contributed by atoms with E-state index in [1.807, 2.05) is 0 Å². The predicted octanol–water partition coefficient (Wildman–Crippen LogP) is 4.67. The molecular formula is C29H31F4N3O5. The Balaban J connectivity index is 1.70. The number of methoxy groups -OCH3 is 1. The van der Waals surface area contributed by atoms with E-state index in [9.17, 15) is 32.6 Å². The van der Waals surface area contributed by atoms with E-state index in [1.165, 1.54) is 44.4 Å². The number of nitrogens with zero attached hydrogens (tertiary/aromatic N) is 1. The lowest BCUT2D eigenvalue weighted by atomic mass is 9.86. The standard InChI is InChI=1S/C29H31F4N3O5/c1-16(37)14-41-22-9-6-18(12-23(22)40-3)21(38)10-11-28(39,29(31,32)33)24-13-20-26(35-15-27(20,2)34)25(36-24)17-4-7-19(30)8-5-17/h4-9,12-13,16,35,37,39H,10-11,14-15,34H2,1-3H3/t16-,27-,28-/m1/s1. The highest BCUT2D eigenvalue weighted by molar-refractivity contribution is 5.96. The molecule has 2 heterocycles. The first-order valence-electron chi connectivity index (χ1n) is 12.8. The Hall–Kier alpha value is -3.74. The van der Waals surface area contributed by atoms with Gasteiger partial charge in [0.25, 0.3) is 0 Å². The number of fused-ring (bicyclic) bond motifs is 1. The zero-order chi connectivity index (χ0) is 30.2. The fourth-order valence-corrected chi connectivity index (χ4v) is 4.59. The van der Waals surface area contributed by atoms with Crippen molar-refractivity contribution in [2.24, 2.45) is 5.73 Å². The van der Waals surface area contributed by atoms with E-state index in [4.69, 9.17) is 15.2 Å². The third-order valence-corrected chi connectivity index (χ3v) is 6.96. The monoisotopic (exact) mass is 577 g/mol. The molecule has 0 bridgehead atoms. The number of carbonyl (C=O) groups is 1. The second-order valence-corrected chi connectivity index (χ2v) is 10.4. The normalized spacial score (nSPS) is 18.7. The van der Waals surface area contributed by atoms with Crippen LogP contribution < -0.4 is 20.5 Å². The Morgan fingerprint density at radius 2 is 1.85 bits per heavy atom. The van der Waals surface area contributed by atoms with Crippen LogP contribution in [0.2, 0.25) is 0 Å². The minimum absolute atomic E-state index is 0.0344. The van der Waals surface area contributed by atoms with Crippen LogP contribution in [-0.4, -0.2) is 53.5 Å². The predicted molar refractivity (Wildman–Crippen MR) is 143 cm³/mol. The van der Waals surface area contributed by atoms with Gasteiger partial charge in [0.1, 0.15) is 12.4 Å². The van der Waals surface area contributed by atoms with E-state index in [-0.39, 0.29) is 35.9 Å². The Bertz CT molecular complexity index is 1430. The first-order valence-corrected chi connectivity index (χ1v) is 12.8. The summed E-state index contributed by atoms with van der Waals surface area (Å²) in [5.41, 5.74) is 2.16. The number of Topliss-reactive ketones (excluding diaryl/α,β-unsaturated/α-hetero) is 1. The third kappa shape index (κ3) is 6.14. The van der Waals surface area contributed by atoms with Crippen molar-refractivity contribution >= 4 is 11.5 Å². The van der Waals surface area contributed by atoms with Gasteiger partial charge in [-0.25, -0.2) is 9.37 Å². The van der Waals surface area contributed by atoms with Gasteiger partial charge in [-0.15, -0.1) is 0 Å². The van der Waals surface area contributed by atoms with Gasteiger partial charge < -0.3 is 30.7 Å². The first kappa shape index (κ1) is 30.2. The van der Waals surface area contributed by atoms with Crippen molar-refractivity contribution in [1.82, 2.24) is 4.98 Å². The minimum Gasteiger partial charge on any atom is -0.493 e. The number of hydrogen-bond acceptors (Lipinski definition) is 8. The van der Waals surface area contributed by atoms with Gasteiger partial charge in [0.2, 0.25) is 5.60 Å². The molecule has 0 spiro atoms. The summed E-state index contributed by atoms with van der Waals surface area (Å²) in [6.45, 7) is 3.31. The zero-order valence-electron chi connectivity index (χ0n) is 22.7. The van der Waals surface area contributed by atoms with E-state index >= 15 is 0 Å². The molecule has 0 aliphatic carbocycles. The van der Waals surface area contributed by atoms with Gasteiger partial charge in [-0.3, -0.25) is 4.79 Å². The number of hydrogen-bond donors (Lipinski definition) is 4.